The molecular formula is C18H28N2O5S. The molecule has 0 fully saturated rings. The van der Waals surface area contributed by atoms with Crippen molar-refractivity contribution in [1.82, 2.24) is 10.0 Å². The summed E-state index contributed by atoms with van der Waals surface area (Å²) in [4.78, 5) is 12.6. The molecule has 26 heavy (non-hydrogen) atoms. The van der Waals surface area contributed by atoms with Crippen molar-refractivity contribution in [2.75, 3.05) is 13.2 Å². The van der Waals surface area contributed by atoms with Gasteiger partial charge in [0.15, 0.2) is 11.5 Å². The molecular weight excluding hydrogens is 356 g/mol. The van der Waals surface area contributed by atoms with Crippen LogP contribution in [0, 0.1) is 5.92 Å². The van der Waals surface area contributed by atoms with Crippen LogP contribution in [0.1, 0.15) is 40.5 Å². The summed E-state index contributed by atoms with van der Waals surface area (Å²) < 4.78 is 38.9. The highest BCUT2D eigenvalue weighted by Crippen LogP contribution is 2.32. The number of nitrogens with one attached hydrogen (secondary N) is 2. The van der Waals surface area contributed by atoms with Gasteiger partial charge in [0.25, 0.3) is 0 Å². The second kappa shape index (κ2) is 8.73. The quantitative estimate of drug-likeness (QED) is 0.716. The molecule has 146 valence electrons. The molecule has 2 rings (SSSR count). The van der Waals surface area contributed by atoms with E-state index < -0.39 is 16.1 Å². The summed E-state index contributed by atoms with van der Waals surface area (Å²) in [6, 6.07) is 3.58. The molecule has 0 aliphatic carbocycles. The van der Waals surface area contributed by atoms with Crippen molar-refractivity contribution < 1.29 is 22.7 Å². The highest BCUT2D eigenvalue weighted by atomic mass is 32.2. The minimum atomic E-state index is -3.88. The van der Waals surface area contributed by atoms with E-state index in [2.05, 4.69) is 10.0 Å². The SMILES string of the molecule is CCC[C@@H](C)NC(=O)[C@H](NS(=O)(=O)c1ccc2c(c1)OCCO2)C(C)C. The summed E-state index contributed by atoms with van der Waals surface area (Å²) in [5.41, 5.74) is 0. The molecule has 0 saturated heterocycles. The minimum Gasteiger partial charge on any atom is -0.486 e. The predicted octanol–water partition coefficient (Wildman–Crippen LogP) is 2.07. The average molecular weight is 384 g/mol. The van der Waals surface area contributed by atoms with E-state index in [1.54, 1.807) is 19.9 Å². The lowest BCUT2D eigenvalue weighted by Crippen LogP contribution is -2.51. The second-order valence-corrected chi connectivity index (χ2v) is 8.56. The number of carbonyl (C=O) groups excluding carboxylic acids is 1. The van der Waals surface area contributed by atoms with Crippen LogP contribution in [0.15, 0.2) is 23.1 Å². The number of ether oxygens (including phenoxy) is 2. The summed E-state index contributed by atoms with van der Waals surface area (Å²) in [6.45, 7) is 8.36. The molecule has 0 radical (unpaired) electrons. The van der Waals surface area contributed by atoms with Gasteiger partial charge < -0.3 is 14.8 Å². The van der Waals surface area contributed by atoms with Crippen molar-refractivity contribution in [3.8, 4) is 11.5 Å². The van der Waals surface area contributed by atoms with Gasteiger partial charge in [-0.3, -0.25) is 4.79 Å². The van der Waals surface area contributed by atoms with Gasteiger partial charge in [0.2, 0.25) is 15.9 Å². The average Bonchev–Trinajstić information content (AvgIpc) is 2.59. The molecule has 0 aromatic heterocycles. The number of hydrogen-bond donors (Lipinski definition) is 2. The highest BCUT2D eigenvalue weighted by molar-refractivity contribution is 7.89. The summed E-state index contributed by atoms with van der Waals surface area (Å²) in [5.74, 6) is 0.390. The van der Waals surface area contributed by atoms with Crippen LogP contribution in [-0.4, -0.2) is 39.6 Å². The Labute approximate surface area is 155 Å². The molecule has 1 amide bonds. The van der Waals surface area contributed by atoms with E-state index in [0.717, 1.165) is 12.8 Å². The summed E-state index contributed by atoms with van der Waals surface area (Å²) in [7, 11) is -3.88. The zero-order valence-corrected chi connectivity index (χ0v) is 16.6. The molecule has 0 unspecified atom stereocenters. The summed E-state index contributed by atoms with van der Waals surface area (Å²) in [5, 5.41) is 2.88. The van der Waals surface area contributed by atoms with Crippen LogP contribution in [0.2, 0.25) is 0 Å². The maximum absolute atomic E-state index is 12.8. The zero-order valence-electron chi connectivity index (χ0n) is 15.7. The van der Waals surface area contributed by atoms with E-state index in [-0.39, 0.29) is 22.8 Å². The lowest BCUT2D eigenvalue weighted by atomic mass is 10.0. The molecule has 8 heteroatoms. The maximum Gasteiger partial charge on any atom is 0.241 e. The standard InChI is InChI=1S/C18H28N2O5S/c1-5-6-13(4)19-18(21)17(12(2)3)20-26(22,23)14-7-8-15-16(11-14)25-10-9-24-15/h7-8,11-13,17,20H,5-6,9-10H2,1-4H3,(H,19,21)/t13-,17-/m1/s1. The Kier molecular flexibility index (Phi) is 6.88. The molecule has 0 spiro atoms. The van der Waals surface area contributed by atoms with E-state index in [1.807, 2.05) is 13.8 Å². The van der Waals surface area contributed by atoms with Crippen molar-refractivity contribution in [2.24, 2.45) is 5.92 Å². The molecule has 2 atom stereocenters. The first kappa shape index (κ1) is 20.5. The molecule has 7 nitrogen and oxygen atoms in total. The number of sulfonamides is 1. The fourth-order valence-corrected chi connectivity index (χ4v) is 4.12. The molecule has 1 aromatic carbocycles. The Hall–Kier alpha value is -1.80. The molecule has 1 aliphatic heterocycles. The molecule has 1 aromatic rings. The van der Waals surface area contributed by atoms with Crippen molar-refractivity contribution in [3.63, 3.8) is 0 Å². The smallest absolute Gasteiger partial charge is 0.241 e. The number of fused-ring (bicyclic) bond motifs is 1. The predicted molar refractivity (Wildman–Crippen MR) is 98.9 cm³/mol. The molecule has 1 aliphatic rings. The summed E-state index contributed by atoms with van der Waals surface area (Å²) in [6.07, 6.45) is 1.78. The van der Waals surface area contributed by atoms with E-state index in [4.69, 9.17) is 9.47 Å². The fraction of sp³-hybridized carbons (Fsp3) is 0.611. The lowest BCUT2D eigenvalue weighted by Gasteiger charge is -2.24. The van der Waals surface area contributed by atoms with E-state index in [0.29, 0.717) is 24.7 Å². The third-order valence-electron chi connectivity index (χ3n) is 4.17. The number of benzene rings is 1. The molecule has 1 heterocycles. The van der Waals surface area contributed by atoms with Crippen LogP contribution in [0.5, 0.6) is 11.5 Å². The Morgan fingerprint density at radius 2 is 1.81 bits per heavy atom. The third-order valence-corrected chi connectivity index (χ3v) is 5.60. The Balaban J connectivity index is 2.17. The van der Waals surface area contributed by atoms with Gasteiger partial charge in [-0.25, -0.2) is 8.42 Å². The van der Waals surface area contributed by atoms with Gasteiger partial charge in [-0.2, -0.15) is 4.72 Å². The molecule has 2 N–H and O–H groups in total. The Morgan fingerprint density at radius 3 is 2.42 bits per heavy atom. The van der Waals surface area contributed by atoms with E-state index in [9.17, 15) is 13.2 Å². The normalized spacial score (nSPS) is 16.2. The minimum absolute atomic E-state index is 0.00690. The fourth-order valence-electron chi connectivity index (χ4n) is 2.76. The largest absolute Gasteiger partial charge is 0.486 e. The van der Waals surface area contributed by atoms with Gasteiger partial charge in [0.05, 0.1) is 4.90 Å². The van der Waals surface area contributed by atoms with Crippen LogP contribution in [0.4, 0.5) is 0 Å². The number of amides is 1. The van der Waals surface area contributed by atoms with Crippen molar-refractivity contribution in [2.45, 2.75) is 57.5 Å². The van der Waals surface area contributed by atoms with Crippen LogP contribution in [0.3, 0.4) is 0 Å². The second-order valence-electron chi connectivity index (χ2n) is 6.85. The first-order chi connectivity index (χ1) is 12.2. The van der Waals surface area contributed by atoms with Gasteiger partial charge >= 0.3 is 0 Å². The van der Waals surface area contributed by atoms with Gasteiger partial charge in [-0.05, 0) is 31.4 Å². The number of rotatable bonds is 8. The third kappa shape index (κ3) is 5.11. The molecule has 0 bridgehead atoms. The highest BCUT2D eigenvalue weighted by Gasteiger charge is 2.29. The van der Waals surface area contributed by atoms with Crippen LogP contribution < -0.4 is 19.5 Å². The number of hydrogen-bond acceptors (Lipinski definition) is 5. The Bertz CT molecular complexity index is 733. The van der Waals surface area contributed by atoms with Gasteiger partial charge in [0, 0.05) is 12.1 Å². The summed E-state index contributed by atoms with van der Waals surface area (Å²) >= 11 is 0. The first-order valence-electron chi connectivity index (χ1n) is 8.97. The monoisotopic (exact) mass is 384 g/mol. The van der Waals surface area contributed by atoms with Crippen LogP contribution in [-0.2, 0) is 14.8 Å². The van der Waals surface area contributed by atoms with Gasteiger partial charge in [-0.1, -0.05) is 27.2 Å². The van der Waals surface area contributed by atoms with Gasteiger partial charge in [0.1, 0.15) is 19.3 Å². The molecule has 0 saturated carbocycles. The topological polar surface area (TPSA) is 93.7 Å². The Morgan fingerprint density at radius 1 is 1.15 bits per heavy atom. The maximum atomic E-state index is 12.8. The van der Waals surface area contributed by atoms with Crippen LogP contribution >= 0.6 is 0 Å². The van der Waals surface area contributed by atoms with Crippen molar-refractivity contribution in [3.05, 3.63) is 18.2 Å². The number of carbonyl (C=O) groups is 1. The van der Waals surface area contributed by atoms with E-state index in [1.165, 1.54) is 12.1 Å². The van der Waals surface area contributed by atoms with E-state index >= 15 is 0 Å². The zero-order chi connectivity index (χ0) is 19.3. The van der Waals surface area contributed by atoms with Gasteiger partial charge in [-0.15, -0.1) is 0 Å². The van der Waals surface area contributed by atoms with Crippen molar-refractivity contribution >= 4 is 15.9 Å². The first-order valence-corrected chi connectivity index (χ1v) is 10.4. The lowest BCUT2D eigenvalue weighted by molar-refractivity contribution is -0.124. The van der Waals surface area contributed by atoms with Crippen molar-refractivity contribution in [1.29, 1.82) is 0 Å². The van der Waals surface area contributed by atoms with Crippen LogP contribution in [0.25, 0.3) is 0 Å².